The van der Waals surface area contributed by atoms with Gasteiger partial charge in [0.05, 0.1) is 0 Å². The van der Waals surface area contributed by atoms with Gasteiger partial charge >= 0.3 is 0 Å². The third-order valence-electron chi connectivity index (χ3n) is 1.70. The van der Waals surface area contributed by atoms with E-state index in [0.717, 1.165) is 4.47 Å². The summed E-state index contributed by atoms with van der Waals surface area (Å²) in [7, 11) is 1.81. The molecular formula is C10H10BrN3O. The van der Waals surface area contributed by atoms with Gasteiger partial charge in [-0.05, 0) is 28.1 Å². The number of nitrogens with two attached hydrogens (primary N) is 1. The molecule has 0 unspecified atom stereocenters. The number of halogens is 1. The van der Waals surface area contributed by atoms with Crippen LogP contribution < -0.4 is 11.2 Å². The molecule has 1 heterocycles. The van der Waals surface area contributed by atoms with Crippen molar-refractivity contribution in [1.29, 1.82) is 0 Å². The van der Waals surface area contributed by atoms with Crippen LogP contribution >= 0.6 is 15.9 Å². The van der Waals surface area contributed by atoms with Crippen molar-refractivity contribution in [2.45, 2.75) is 0 Å². The van der Waals surface area contributed by atoms with Gasteiger partial charge in [-0.15, -0.1) is 0 Å². The second kappa shape index (κ2) is 4.77. The maximum atomic E-state index is 10.9. The molecule has 1 aromatic rings. The Morgan fingerprint density at radius 3 is 2.80 bits per heavy atom. The summed E-state index contributed by atoms with van der Waals surface area (Å²) in [6.07, 6.45) is 1.82. The van der Waals surface area contributed by atoms with Gasteiger partial charge in [0.15, 0.2) is 5.70 Å². The summed E-state index contributed by atoms with van der Waals surface area (Å²) in [5.74, 6) is -0.645. The summed E-state index contributed by atoms with van der Waals surface area (Å²) in [6, 6.07) is 3.57. The number of hydrogen-bond donors (Lipinski definition) is 1. The van der Waals surface area contributed by atoms with Crippen LogP contribution in [0.5, 0.6) is 0 Å². The minimum absolute atomic E-state index is 0.0212. The smallest absolute Gasteiger partial charge is 0.275 e. The molecule has 1 rings (SSSR count). The predicted molar refractivity (Wildman–Crippen MR) is 60.5 cm³/mol. The van der Waals surface area contributed by atoms with E-state index in [4.69, 9.17) is 5.73 Å². The first-order chi connectivity index (χ1) is 7.04. The average molecular weight is 268 g/mol. The second-order valence-corrected chi connectivity index (χ2v) is 3.73. The summed E-state index contributed by atoms with van der Waals surface area (Å²) in [6.45, 7) is 3.35. The Morgan fingerprint density at radius 2 is 2.33 bits per heavy atom. The molecule has 4 nitrogen and oxygen atoms in total. The predicted octanol–water partition coefficient (Wildman–Crippen LogP) is 0.842. The first kappa shape index (κ1) is 11.5. The lowest BCUT2D eigenvalue weighted by Crippen LogP contribution is -2.20. The van der Waals surface area contributed by atoms with E-state index < -0.39 is 5.91 Å². The Balaban J connectivity index is 3.33. The molecule has 5 heteroatoms. The molecule has 0 aliphatic rings. The lowest BCUT2D eigenvalue weighted by atomic mass is 10.4. The first-order valence-corrected chi connectivity index (χ1v) is 4.90. The van der Waals surface area contributed by atoms with E-state index in [0.29, 0.717) is 5.49 Å². The van der Waals surface area contributed by atoms with Gasteiger partial charge in [-0.2, -0.15) is 0 Å². The Morgan fingerprint density at radius 1 is 1.67 bits per heavy atom. The van der Waals surface area contributed by atoms with Crippen molar-refractivity contribution in [3.63, 3.8) is 0 Å². The fourth-order valence-corrected chi connectivity index (χ4v) is 1.42. The topological polar surface area (TPSA) is 60.4 Å². The zero-order valence-electron chi connectivity index (χ0n) is 8.20. The van der Waals surface area contributed by atoms with Crippen LogP contribution in [0.15, 0.2) is 45.8 Å². The molecule has 2 N–H and O–H groups in total. The largest absolute Gasteiger partial charge is 0.364 e. The molecule has 0 fully saturated rings. The van der Waals surface area contributed by atoms with Gasteiger partial charge in [-0.3, -0.25) is 4.79 Å². The molecule has 1 aromatic heterocycles. The maximum absolute atomic E-state index is 10.9. The van der Waals surface area contributed by atoms with Crippen molar-refractivity contribution in [3.8, 4) is 0 Å². The number of pyridine rings is 1. The minimum Gasteiger partial charge on any atom is -0.364 e. The zero-order chi connectivity index (χ0) is 11.4. The molecule has 0 aromatic carbocycles. The van der Waals surface area contributed by atoms with Crippen LogP contribution in [0.4, 0.5) is 0 Å². The normalized spacial score (nSPS) is 10.9. The third kappa shape index (κ3) is 2.94. The number of rotatable bonds is 2. The van der Waals surface area contributed by atoms with Gasteiger partial charge in [0.1, 0.15) is 5.49 Å². The van der Waals surface area contributed by atoms with Crippen LogP contribution in [-0.4, -0.2) is 10.5 Å². The molecule has 0 radical (unpaired) electrons. The number of carbonyl (C=O) groups excluding carboxylic acids is 1. The Labute approximate surface area is 95.6 Å². The number of aryl methyl sites for hydroxylation is 1. The first-order valence-electron chi connectivity index (χ1n) is 4.11. The van der Waals surface area contributed by atoms with Crippen LogP contribution in [0.1, 0.15) is 0 Å². The molecule has 0 aliphatic heterocycles. The molecule has 15 heavy (non-hydrogen) atoms. The Kier molecular flexibility index (Phi) is 3.66. The molecule has 1 amide bonds. The minimum atomic E-state index is -0.645. The molecule has 0 saturated carbocycles. The van der Waals surface area contributed by atoms with E-state index >= 15 is 0 Å². The number of primary amides is 1. The summed E-state index contributed by atoms with van der Waals surface area (Å²) in [4.78, 5) is 14.9. The van der Waals surface area contributed by atoms with Crippen molar-refractivity contribution < 1.29 is 4.79 Å². The van der Waals surface area contributed by atoms with Gasteiger partial charge in [0.2, 0.25) is 0 Å². The Hall–Kier alpha value is -1.58. The lowest BCUT2D eigenvalue weighted by Gasteiger charge is -2.00. The molecular weight excluding hydrogens is 258 g/mol. The number of carbonyl (C=O) groups is 1. The number of nitrogens with zero attached hydrogens (tertiary/aromatic N) is 2. The van der Waals surface area contributed by atoms with E-state index in [1.165, 1.54) is 0 Å². The molecule has 0 bridgehead atoms. The van der Waals surface area contributed by atoms with Crippen LogP contribution in [0.25, 0.3) is 0 Å². The fraction of sp³-hybridized carbons (Fsp3) is 0.100. The van der Waals surface area contributed by atoms with E-state index in [1.54, 1.807) is 10.6 Å². The van der Waals surface area contributed by atoms with Crippen LogP contribution in [-0.2, 0) is 11.8 Å². The van der Waals surface area contributed by atoms with Gasteiger partial charge in [-0.25, -0.2) is 4.99 Å². The summed E-state index contributed by atoms with van der Waals surface area (Å²) >= 11 is 3.32. The maximum Gasteiger partial charge on any atom is 0.275 e. The number of aromatic nitrogens is 1. The van der Waals surface area contributed by atoms with Crippen molar-refractivity contribution in [3.05, 3.63) is 46.3 Å². The second-order valence-electron chi connectivity index (χ2n) is 2.82. The summed E-state index contributed by atoms with van der Waals surface area (Å²) in [5.41, 5.74) is 8.10. The molecule has 0 aliphatic carbocycles. The van der Waals surface area contributed by atoms with Crippen molar-refractivity contribution in [2.24, 2.45) is 17.8 Å². The van der Waals surface area contributed by atoms with Gasteiger partial charge in [-0.1, -0.05) is 12.3 Å². The van der Waals surface area contributed by atoms with Gasteiger partial charge in [0, 0.05) is 17.7 Å². The van der Waals surface area contributed by atoms with E-state index in [1.807, 2.05) is 19.3 Å². The summed E-state index contributed by atoms with van der Waals surface area (Å²) < 4.78 is 2.68. The van der Waals surface area contributed by atoms with E-state index in [9.17, 15) is 4.79 Å². The van der Waals surface area contributed by atoms with Crippen molar-refractivity contribution >= 4 is 21.8 Å². The Bertz CT molecular complexity index is 510. The third-order valence-corrected chi connectivity index (χ3v) is 2.17. The molecule has 0 atom stereocenters. The highest BCUT2D eigenvalue weighted by Gasteiger charge is 2.00. The van der Waals surface area contributed by atoms with Gasteiger partial charge < -0.3 is 10.3 Å². The quantitative estimate of drug-likeness (QED) is 0.627. The number of amides is 1. The standard InChI is InChI=1S/C10H10BrN3O/c1-3-8(10(12)15)13-9-5-4-7(11)6-14(9)2/h4-6H,1H2,2H3,(H2,12,15). The fourth-order valence-electron chi connectivity index (χ4n) is 0.978. The van der Waals surface area contributed by atoms with E-state index in [-0.39, 0.29) is 5.70 Å². The van der Waals surface area contributed by atoms with Crippen LogP contribution in [0, 0.1) is 0 Å². The molecule has 0 spiro atoms. The van der Waals surface area contributed by atoms with Gasteiger partial charge in [0.25, 0.3) is 5.91 Å². The average Bonchev–Trinajstić information content (AvgIpc) is 2.16. The highest BCUT2D eigenvalue weighted by Crippen LogP contribution is 2.03. The van der Waals surface area contributed by atoms with Crippen LogP contribution in [0.2, 0.25) is 0 Å². The lowest BCUT2D eigenvalue weighted by molar-refractivity contribution is -0.114. The molecule has 0 saturated heterocycles. The van der Waals surface area contributed by atoms with E-state index in [2.05, 4.69) is 33.2 Å². The summed E-state index contributed by atoms with van der Waals surface area (Å²) in [5, 5.41) is 0. The SMILES string of the molecule is C=C=C(N=c1ccc(Br)cn1C)C(N)=O. The van der Waals surface area contributed by atoms with Crippen LogP contribution in [0.3, 0.4) is 0 Å². The molecule has 78 valence electrons. The van der Waals surface area contributed by atoms with Crippen molar-refractivity contribution in [2.75, 3.05) is 0 Å². The zero-order valence-corrected chi connectivity index (χ0v) is 9.78. The monoisotopic (exact) mass is 267 g/mol. The highest BCUT2D eigenvalue weighted by atomic mass is 79.9. The number of hydrogen-bond acceptors (Lipinski definition) is 2. The van der Waals surface area contributed by atoms with Crippen molar-refractivity contribution in [1.82, 2.24) is 4.57 Å². The highest BCUT2D eigenvalue weighted by molar-refractivity contribution is 9.10.